The number of hydrogen-bond donors (Lipinski definition) is 4. The normalized spacial score (nSPS) is 10.2. The highest BCUT2D eigenvalue weighted by Crippen LogP contribution is 2.16. The van der Waals surface area contributed by atoms with E-state index in [2.05, 4.69) is 20.6 Å². The minimum absolute atomic E-state index is 0.164. The van der Waals surface area contributed by atoms with Crippen LogP contribution in [0.3, 0.4) is 0 Å². The Balaban J connectivity index is 1.80. The highest BCUT2D eigenvalue weighted by atomic mass is 32.2. The smallest absolute Gasteiger partial charge is 0.255 e. The van der Waals surface area contributed by atoms with Gasteiger partial charge in [0.15, 0.2) is 5.16 Å². The summed E-state index contributed by atoms with van der Waals surface area (Å²) < 4.78 is 0. The number of aromatic nitrogens is 2. The zero-order valence-corrected chi connectivity index (χ0v) is 13.6. The Bertz CT molecular complexity index is 789. The Morgan fingerprint density at radius 1 is 1.21 bits per heavy atom. The van der Waals surface area contributed by atoms with Crippen LogP contribution in [0, 0.1) is 0 Å². The molecule has 2 rings (SSSR count). The molecule has 0 aliphatic carbocycles. The second-order valence-corrected chi connectivity index (χ2v) is 5.90. The van der Waals surface area contributed by atoms with Gasteiger partial charge in [0.25, 0.3) is 5.56 Å². The summed E-state index contributed by atoms with van der Waals surface area (Å²) in [7, 11) is 0. The van der Waals surface area contributed by atoms with E-state index in [1.54, 1.807) is 24.3 Å². The summed E-state index contributed by atoms with van der Waals surface area (Å²) in [5.74, 6) is -0.327. The molecular formula is C15H16N4O4S. The SMILES string of the molecule is CC(=O)Nc1ccc(NC(=O)CCSc2nc(O)cc(=O)[nH]2)cc1. The van der Waals surface area contributed by atoms with Gasteiger partial charge in [-0.1, -0.05) is 11.8 Å². The van der Waals surface area contributed by atoms with Gasteiger partial charge in [0, 0.05) is 30.5 Å². The molecule has 0 unspecified atom stereocenters. The Morgan fingerprint density at radius 2 is 1.83 bits per heavy atom. The first-order chi connectivity index (χ1) is 11.4. The maximum absolute atomic E-state index is 11.9. The molecule has 0 radical (unpaired) electrons. The molecule has 126 valence electrons. The van der Waals surface area contributed by atoms with Crippen LogP contribution < -0.4 is 16.2 Å². The van der Waals surface area contributed by atoms with Crippen LogP contribution >= 0.6 is 11.8 Å². The van der Waals surface area contributed by atoms with E-state index in [4.69, 9.17) is 0 Å². The summed E-state index contributed by atoms with van der Waals surface area (Å²) in [6.45, 7) is 1.42. The molecule has 2 amide bonds. The largest absolute Gasteiger partial charge is 0.493 e. The van der Waals surface area contributed by atoms with Crippen LogP contribution in [0.5, 0.6) is 5.88 Å². The van der Waals surface area contributed by atoms with Crippen molar-refractivity contribution in [2.45, 2.75) is 18.5 Å². The van der Waals surface area contributed by atoms with Crippen LogP contribution in [-0.4, -0.2) is 32.6 Å². The van der Waals surface area contributed by atoms with E-state index in [9.17, 15) is 19.5 Å². The molecule has 2 aromatic rings. The van der Waals surface area contributed by atoms with Gasteiger partial charge in [-0.25, -0.2) is 0 Å². The van der Waals surface area contributed by atoms with Crippen LogP contribution in [0.4, 0.5) is 11.4 Å². The summed E-state index contributed by atoms with van der Waals surface area (Å²) in [5.41, 5.74) is 0.812. The molecule has 1 aromatic heterocycles. The van der Waals surface area contributed by atoms with E-state index in [1.807, 2.05) is 0 Å². The molecular weight excluding hydrogens is 332 g/mol. The Morgan fingerprint density at radius 3 is 2.42 bits per heavy atom. The van der Waals surface area contributed by atoms with Crippen LogP contribution in [-0.2, 0) is 9.59 Å². The van der Waals surface area contributed by atoms with E-state index >= 15 is 0 Å². The van der Waals surface area contributed by atoms with Crippen LogP contribution in [0.25, 0.3) is 0 Å². The average Bonchev–Trinajstić information content (AvgIpc) is 2.48. The number of nitrogens with zero attached hydrogens (tertiary/aromatic N) is 1. The summed E-state index contributed by atoms with van der Waals surface area (Å²) in [4.78, 5) is 40.2. The lowest BCUT2D eigenvalue weighted by Crippen LogP contribution is -2.13. The van der Waals surface area contributed by atoms with Crippen LogP contribution in [0.1, 0.15) is 13.3 Å². The molecule has 0 aliphatic rings. The van der Waals surface area contributed by atoms with Crippen molar-refractivity contribution < 1.29 is 14.7 Å². The first kappa shape index (κ1) is 17.5. The highest BCUT2D eigenvalue weighted by molar-refractivity contribution is 7.99. The van der Waals surface area contributed by atoms with E-state index < -0.39 is 5.56 Å². The number of amides is 2. The van der Waals surface area contributed by atoms with Gasteiger partial charge in [0.1, 0.15) is 0 Å². The molecule has 1 aromatic carbocycles. The number of thioether (sulfide) groups is 1. The van der Waals surface area contributed by atoms with Crippen molar-refractivity contribution in [1.82, 2.24) is 9.97 Å². The van der Waals surface area contributed by atoms with Gasteiger partial charge in [-0.15, -0.1) is 0 Å². The third kappa shape index (κ3) is 5.76. The van der Waals surface area contributed by atoms with E-state index in [0.717, 1.165) is 17.8 Å². The fourth-order valence-electron chi connectivity index (χ4n) is 1.80. The van der Waals surface area contributed by atoms with Crippen molar-refractivity contribution >= 4 is 35.0 Å². The first-order valence-corrected chi connectivity index (χ1v) is 8.01. The quantitative estimate of drug-likeness (QED) is 0.464. The topological polar surface area (TPSA) is 124 Å². The van der Waals surface area contributed by atoms with Gasteiger partial charge < -0.3 is 20.7 Å². The molecule has 9 heteroatoms. The maximum atomic E-state index is 11.9. The average molecular weight is 348 g/mol. The number of hydrogen-bond acceptors (Lipinski definition) is 6. The molecule has 0 bridgehead atoms. The number of benzene rings is 1. The second kappa shape index (κ2) is 8.16. The molecule has 0 saturated carbocycles. The van der Waals surface area contributed by atoms with Crippen LogP contribution in [0.2, 0.25) is 0 Å². The first-order valence-electron chi connectivity index (χ1n) is 7.03. The zero-order chi connectivity index (χ0) is 17.5. The van der Waals surface area contributed by atoms with Gasteiger partial charge in [-0.05, 0) is 24.3 Å². The highest BCUT2D eigenvalue weighted by Gasteiger charge is 2.06. The molecule has 4 N–H and O–H groups in total. The zero-order valence-electron chi connectivity index (χ0n) is 12.8. The fraction of sp³-hybridized carbons (Fsp3) is 0.200. The molecule has 0 fully saturated rings. The standard InChI is InChI=1S/C15H16N4O4S/c1-9(20)16-10-2-4-11(5-3-10)17-12(21)6-7-24-15-18-13(22)8-14(23)19-15/h2-5,8H,6-7H2,1H3,(H,16,20)(H,17,21)(H2,18,19,22,23). The lowest BCUT2D eigenvalue weighted by Gasteiger charge is -2.07. The Hall–Kier alpha value is -2.81. The number of aromatic amines is 1. The van der Waals surface area contributed by atoms with E-state index in [1.165, 1.54) is 6.92 Å². The van der Waals surface area contributed by atoms with Gasteiger partial charge >= 0.3 is 0 Å². The molecule has 0 atom stereocenters. The van der Waals surface area contributed by atoms with E-state index in [-0.39, 0.29) is 29.3 Å². The van der Waals surface area contributed by atoms with Gasteiger partial charge in [0.2, 0.25) is 17.7 Å². The lowest BCUT2D eigenvalue weighted by molar-refractivity contribution is -0.116. The van der Waals surface area contributed by atoms with Gasteiger partial charge in [-0.3, -0.25) is 14.4 Å². The van der Waals surface area contributed by atoms with Crippen LogP contribution in [0.15, 0.2) is 40.3 Å². The molecule has 8 nitrogen and oxygen atoms in total. The maximum Gasteiger partial charge on any atom is 0.255 e. The third-order valence-electron chi connectivity index (χ3n) is 2.76. The number of carbonyl (C=O) groups is 2. The molecule has 1 heterocycles. The minimum atomic E-state index is -0.450. The van der Waals surface area contributed by atoms with Crippen molar-refractivity contribution in [2.75, 3.05) is 16.4 Å². The predicted molar refractivity (Wildman–Crippen MR) is 91.2 cm³/mol. The number of aromatic hydroxyl groups is 1. The monoisotopic (exact) mass is 348 g/mol. The second-order valence-electron chi connectivity index (χ2n) is 4.81. The Kier molecular flexibility index (Phi) is 5.96. The Labute approximate surface area is 141 Å². The van der Waals surface area contributed by atoms with Gasteiger partial charge in [-0.2, -0.15) is 4.98 Å². The minimum Gasteiger partial charge on any atom is -0.493 e. The van der Waals surface area contributed by atoms with Crippen molar-refractivity contribution in [3.05, 3.63) is 40.7 Å². The molecule has 24 heavy (non-hydrogen) atoms. The summed E-state index contributed by atoms with van der Waals surface area (Å²) >= 11 is 1.16. The number of carbonyl (C=O) groups excluding carboxylic acids is 2. The number of anilines is 2. The molecule has 0 saturated heterocycles. The summed E-state index contributed by atoms with van der Waals surface area (Å²) in [6, 6.07) is 7.72. The lowest BCUT2D eigenvalue weighted by atomic mass is 10.2. The number of rotatable bonds is 6. The predicted octanol–water partition coefficient (Wildman–Crippen LogP) is 1.55. The molecule has 0 spiro atoms. The number of H-pyrrole nitrogens is 1. The van der Waals surface area contributed by atoms with Gasteiger partial charge in [0.05, 0.1) is 6.07 Å². The summed E-state index contributed by atoms with van der Waals surface area (Å²) in [5, 5.41) is 14.8. The van der Waals surface area contributed by atoms with Crippen molar-refractivity contribution in [2.24, 2.45) is 0 Å². The summed E-state index contributed by atoms with van der Waals surface area (Å²) in [6.07, 6.45) is 0.206. The van der Waals surface area contributed by atoms with Crippen molar-refractivity contribution in [3.8, 4) is 5.88 Å². The van der Waals surface area contributed by atoms with Crippen molar-refractivity contribution in [3.63, 3.8) is 0 Å². The van der Waals surface area contributed by atoms with Crippen molar-refractivity contribution in [1.29, 1.82) is 0 Å². The third-order valence-corrected chi connectivity index (χ3v) is 3.64. The van der Waals surface area contributed by atoms with E-state index in [0.29, 0.717) is 17.1 Å². The molecule has 0 aliphatic heterocycles. The number of nitrogens with one attached hydrogen (secondary N) is 3. The fourth-order valence-corrected chi connectivity index (χ4v) is 2.61.